The van der Waals surface area contributed by atoms with E-state index in [2.05, 4.69) is 21.0 Å². The molecule has 0 aliphatic heterocycles. The van der Waals surface area contributed by atoms with E-state index >= 15 is 0 Å². The Hall–Kier alpha value is -3.19. The van der Waals surface area contributed by atoms with Gasteiger partial charge < -0.3 is 4.52 Å². The first-order valence-electron chi connectivity index (χ1n) is 8.25. The number of hydrazine groups is 1. The van der Waals surface area contributed by atoms with Crippen molar-refractivity contribution in [2.24, 2.45) is 0 Å². The van der Waals surface area contributed by atoms with E-state index < -0.39 is 5.91 Å². The maximum absolute atomic E-state index is 11.9. The zero-order valence-electron chi connectivity index (χ0n) is 14.5. The Labute approximate surface area is 160 Å². The number of aryl methyl sites for hydroxylation is 2. The molecule has 2 aromatic carbocycles. The Balaban J connectivity index is 1.47. The van der Waals surface area contributed by atoms with Gasteiger partial charge in [0.1, 0.15) is 0 Å². The number of nitrogens with one attached hydrogen (secondary N) is 2. The van der Waals surface area contributed by atoms with Crippen molar-refractivity contribution in [2.75, 3.05) is 0 Å². The number of carbonyl (C=O) groups excluding carboxylic acids is 2. The number of halogens is 1. The fourth-order valence-electron chi connectivity index (χ4n) is 2.26. The van der Waals surface area contributed by atoms with Gasteiger partial charge in [-0.15, -0.1) is 0 Å². The zero-order valence-corrected chi connectivity index (χ0v) is 15.3. The molecule has 0 aliphatic carbocycles. The van der Waals surface area contributed by atoms with Crippen molar-refractivity contribution in [3.63, 3.8) is 0 Å². The first-order valence-corrected chi connectivity index (χ1v) is 8.63. The third-order valence-corrected chi connectivity index (χ3v) is 4.02. The molecule has 7 nitrogen and oxygen atoms in total. The van der Waals surface area contributed by atoms with Gasteiger partial charge in [0.25, 0.3) is 5.91 Å². The highest BCUT2D eigenvalue weighted by Gasteiger charge is 2.12. The van der Waals surface area contributed by atoms with E-state index in [0.717, 1.165) is 11.1 Å². The number of nitrogens with zero attached hydrogens (tertiary/aromatic N) is 2. The summed E-state index contributed by atoms with van der Waals surface area (Å²) in [5.41, 5.74) is 7.06. The molecular formula is C19H17ClN4O3. The molecule has 0 fully saturated rings. The van der Waals surface area contributed by atoms with E-state index in [1.807, 2.05) is 31.2 Å². The number of hydrogen-bond donors (Lipinski definition) is 2. The monoisotopic (exact) mass is 384 g/mol. The van der Waals surface area contributed by atoms with Crippen molar-refractivity contribution in [1.82, 2.24) is 21.0 Å². The fraction of sp³-hybridized carbons (Fsp3) is 0.158. The summed E-state index contributed by atoms with van der Waals surface area (Å²) in [5.74, 6) is 0.0260. The van der Waals surface area contributed by atoms with Gasteiger partial charge in [0.05, 0.1) is 0 Å². The predicted octanol–water partition coefficient (Wildman–Crippen LogP) is 3.09. The number of benzene rings is 2. The van der Waals surface area contributed by atoms with Crippen LogP contribution in [0.4, 0.5) is 0 Å². The van der Waals surface area contributed by atoms with Gasteiger partial charge in [-0.1, -0.05) is 46.6 Å². The molecule has 3 rings (SSSR count). The predicted molar refractivity (Wildman–Crippen MR) is 99.9 cm³/mol. The van der Waals surface area contributed by atoms with Crippen LogP contribution in [0.2, 0.25) is 5.02 Å². The smallest absolute Gasteiger partial charge is 0.269 e. The van der Waals surface area contributed by atoms with Crippen molar-refractivity contribution in [3.8, 4) is 11.4 Å². The second kappa shape index (κ2) is 8.46. The molecular weight excluding hydrogens is 368 g/mol. The first-order chi connectivity index (χ1) is 13.0. The van der Waals surface area contributed by atoms with E-state index in [9.17, 15) is 9.59 Å². The lowest BCUT2D eigenvalue weighted by Crippen LogP contribution is -2.41. The number of rotatable bonds is 5. The van der Waals surface area contributed by atoms with Crippen LogP contribution in [0.3, 0.4) is 0 Å². The Bertz CT molecular complexity index is 936. The molecule has 1 aromatic heterocycles. The molecule has 0 aliphatic rings. The van der Waals surface area contributed by atoms with Crippen molar-refractivity contribution in [2.45, 2.75) is 19.8 Å². The average molecular weight is 385 g/mol. The van der Waals surface area contributed by atoms with Crippen LogP contribution >= 0.6 is 11.6 Å². The minimum absolute atomic E-state index is 0.0937. The summed E-state index contributed by atoms with van der Waals surface area (Å²) in [6.07, 6.45) is 0.359. The average Bonchev–Trinajstić information content (AvgIpc) is 3.14. The van der Waals surface area contributed by atoms with Crippen LogP contribution in [0.25, 0.3) is 11.4 Å². The van der Waals surface area contributed by atoms with Crippen molar-refractivity contribution >= 4 is 23.4 Å². The van der Waals surface area contributed by atoms with Crippen LogP contribution in [0.15, 0.2) is 53.1 Å². The van der Waals surface area contributed by atoms with Crippen molar-refractivity contribution in [3.05, 3.63) is 70.6 Å². The van der Waals surface area contributed by atoms with Crippen LogP contribution in [-0.2, 0) is 11.2 Å². The van der Waals surface area contributed by atoms with E-state index in [1.165, 1.54) is 0 Å². The molecule has 0 saturated heterocycles. The number of amides is 2. The normalized spacial score (nSPS) is 10.4. The Morgan fingerprint density at radius 2 is 1.74 bits per heavy atom. The molecule has 0 spiro atoms. The topological polar surface area (TPSA) is 97.1 Å². The van der Waals surface area contributed by atoms with Crippen molar-refractivity contribution in [1.29, 1.82) is 0 Å². The molecule has 0 saturated carbocycles. The lowest BCUT2D eigenvalue weighted by Gasteiger charge is -2.06. The van der Waals surface area contributed by atoms with Crippen LogP contribution in [0.1, 0.15) is 28.2 Å². The maximum Gasteiger partial charge on any atom is 0.269 e. The second-order valence-corrected chi connectivity index (χ2v) is 6.32. The van der Waals surface area contributed by atoms with E-state index in [4.69, 9.17) is 16.1 Å². The maximum atomic E-state index is 11.9. The van der Waals surface area contributed by atoms with Gasteiger partial charge in [0.15, 0.2) is 0 Å². The van der Waals surface area contributed by atoms with Gasteiger partial charge >= 0.3 is 0 Å². The number of hydrogen-bond acceptors (Lipinski definition) is 5. The summed E-state index contributed by atoms with van der Waals surface area (Å²) in [7, 11) is 0. The van der Waals surface area contributed by atoms with Crippen LogP contribution in [0, 0.1) is 6.92 Å². The molecule has 2 amide bonds. The van der Waals surface area contributed by atoms with Gasteiger partial charge in [-0.2, -0.15) is 4.98 Å². The lowest BCUT2D eigenvalue weighted by molar-refractivity contribution is -0.121. The molecule has 3 aromatic rings. The highest BCUT2D eigenvalue weighted by atomic mass is 35.5. The third-order valence-electron chi connectivity index (χ3n) is 3.77. The number of aromatic nitrogens is 2. The fourth-order valence-corrected chi connectivity index (χ4v) is 2.39. The summed E-state index contributed by atoms with van der Waals surface area (Å²) in [4.78, 5) is 28.1. The van der Waals surface area contributed by atoms with Crippen LogP contribution < -0.4 is 10.9 Å². The quantitative estimate of drug-likeness (QED) is 0.659. The van der Waals surface area contributed by atoms with Crippen molar-refractivity contribution < 1.29 is 14.1 Å². The van der Waals surface area contributed by atoms with E-state index in [1.54, 1.807) is 24.3 Å². The molecule has 2 N–H and O–H groups in total. The molecule has 0 atom stereocenters. The van der Waals surface area contributed by atoms with Crippen LogP contribution in [-0.4, -0.2) is 22.0 Å². The highest BCUT2D eigenvalue weighted by Crippen LogP contribution is 2.16. The Kier molecular flexibility index (Phi) is 5.83. The van der Waals surface area contributed by atoms with E-state index in [-0.39, 0.29) is 18.7 Å². The molecule has 1 heterocycles. The molecule has 8 heteroatoms. The molecule has 138 valence electrons. The SMILES string of the molecule is Cc1ccc(-c2noc(CCC(=O)NNC(=O)c3ccc(Cl)cc3)n2)cc1. The largest absolute Gasteiger partial charge is 0.339 e. The van der Waals surface area contributed by atoms with Gasteiger partial charge in [-0.05, 0) is 31.2 Å². The summed E-state index contributed by atoms with van der Waals surface area (Å²) < 4.78 is 5.16. The van der Waals surface area contributed by atoms with Gasteiger partial charge in [-0.25, -0.2) is 0 Å². The molecule has 27 heavy (non-hydrogen) atoms. The summed E-state index contributed by atoms with van der Waals surface area (Å²) in [5, 5.41) is 4.44. The third kappa shape index (κ3) is 5.15. The first kappa shape index (κ1) is 18.6. The molecule has 0 bridgehead atoms. The summed E-state index contributed by atoms with van der Waals surface area (Å²) in [6, 6.07) is 14.1. The summed E-state index contributed by atoms with van der Waals surface area (Å²) >= 11 is 5.77. The minimum atomic E-state index is -0.431. The van der Waals surface area contributed by atoms with Gasteiger partial charge in [0.2, 0.25) is 17.6 Å². The Morgan fingerprint density at radius 1 is 1.04 bits per heavy atom. The number of carbonyl (C=O) groups is 2. The standard InChI is InChI=1S/C19H17ClN4O3/c1-12-2-4-13(5-3-12)18-21-17(27-24-18)11-10-16(25)22-23-19(26)14-6-8-15(20)9-7-14/h2-9H,10-11H2,1H3,(H,22,25)(H,23,26). The highest BCUT2D eigenvalue weighted by molar-refractivity contribution is 6.30. The zero-order chi connectivity index (χ0) is 19.2. The second-order valence-electron chi connectivity index (χ2n) is 5.89. The summed E-state index contributed by atoms with van der Waals surface area (Å²) in [6.45, 7) is 2.00. The minimum Gasteiger partial charge on any atom is -0.339 e. The van der Waals surface area contributed by atoms with E-state index in [0.29, 0.717) is 22.3 Å². The molecule has 0 radical (unpaired) electrons. The molecule has 0 unspecified atom stereocenters. The van der Waals surface area contributed by atoms with Gasteiger partial charge in [0, 0.05) is 29.0 Å². The van der Waals surface area contributed by atoms with Gasteiger partial charge in [-0.3, -0.25) is 20.4 Å². The van der Waals surface area contributed by atoms with Crippen LogP contribution in [0.5, 0.6) is 0 Å². The Morgan fingerprint density at radius 3 is 2.44 bits per heavy atom. The lowest BCUT2D eigenvalue weighted by atomic mass is 10.1.